The SMILES string of the molecule is CC(C)OC(=O)NC(CS(=O)(=O)C(C)c1ccc(Br)c([N+](=O)[O-])c1)C(C)C. The maximum atomic E-state index is 12.8. The molecular weight excluding hydrogens is 440 g/mol. The van der Waals surface area contributed by atoms with Gasteiger partial charge in [0.2, 0.25) is 0 Å². The molecule has 10 heteroatoms. The standard InChI is InChI=1S/C17H25BrN2O6S/c1-10(2)15(19-17(21)26-11(3)4)9-27(24,25)12(5)13-6-7-14(18)16(8-13)20(22)23/h6-8,10-12,15H,9H2,1-5H3,(H,19,21). The number of nitrogens with one attached hydrogen (secondary N) is 1. The first kappa shape index (κ1) is 23.4. The summed E-state index contributed by atoms with van der Waals surface area (Å²) in [5.41, 5.74) is 0.116. The van der Waals surface area contributed by atoms with Crippen LogP contribution in [-0.2, 0) is 14.6 Å². The Balaban J connectivity index is 3.04. The lowest BCUT2D eigenvalue weighted by atomic mass is 10.1. The van der Waals surface area contributed by atoms with Crippen LogP contribution in [-0.4, -0.2) is 37.3 Å². The first-order valence-electron chi connectivity index (χ1n) is 8.47. The Morgan fingerprint density at radius 2 is 1.85 bits per heavy atom. The minimum atomic E-state index is -3.70. The van der Waals surface area contributed by atoms with Crippen molar-refractivity contribution in [3.63, 3.8) is 0 Å². The summed E-state index contributed by atoms with van der Waals surface area (Å²) >= 11 is 3.08. The molecule has 1 amide bonds. The van der Waals surface area contributed by atoms with Crippen molar-refractivity contribution >= 4 is 37.5 Å². The summed E-state index contributed by atoms with van der Waals surface area (Å²) < 4.78 is 31.0. The lowest BCUT2D eigenvalue weighted by molar-refractivity contribution is -0.385. The number of ether oxygens (including phenoxy) is 1. The van der Waals surface area contributed by atoms with Gasteiger partial charge in [-0.2, -0.15) is 0 Å². The van der Waals surface area contributed by atoms with Gasteiger partial charge < -0.3 is 10.1 Å². The van der Waals surface area contributed by atoms with E-state index >= 15 is 0 Å². The minimum Gasteiger partial charge on any atom is -0.447 e. The normalized spacial score (nSPS) is 14.1. The van der Waals surface area contributed by atoms with Gasteiger partial charge in [0, 0.05) is 12.1 Å². The quantitative estimate of drug-likeness (QED) is 0.459. The molecule has 0 heterocycles. The van der Waals surface area contributed by atoms with Gasteiger partial charge in [0.1, 0.15) is 0 Å². The molecule has 0 aliphatic heterocycles. The predicted molar refractivity (Wildman–Crippen MR) is 106 cm³/mol. The van der Waals surface area contributed by atoms with Gasteiger partial charge in [-0.05, 0) is 54.2 Å². The number of halogens is 1. The predicted octanol–water partition coefficient (Wildman–Crippen LogP) is 3.99. The smallest absolute Gasteiger partial charge is 0.407 e. The van der Waals surface area contributed by atoms with Crippen LogP contribution in [0.5, 0.6) is 0 Å². The molecule has 0 spiro atoms. The van der Waals surface area contributed by atoms with E-state index in [1.54, 1.807) is 27.7 Å². The molecule has 27 heavy (non-hydrogen) atoms. The van der Waals surface area contributed by atoms with Crippen LogP contribution < -0.4 is 5.32 Å². The fourth-order valence-corrected chi connectivity index (χ4v) is 4.53. The number of carbonyl (C=O) groups is 1. The summed E-state index contributed by atoms with van der Waals surface area (Å²) in [6, 6.07) is 3.59. The van der Waals surface area contributed by atoms with Crippen molar-refractivity contribution in [2.75, 3.05) is 5.75 Å². The maximum Gasteiger partial charge on any atom is 0.407 e. The molecule has 0 aromatic heterocycles. The van der Waals surface area contributed by atoms with Gasteiger partial charge >= 0.3 is 6.09 Å². The number of amides is 1. The van der Waals surface area contributed by atoms with Gasteiger partial charge in [-0.1, -0.05) is 19.9 Å². The number of sulfone groups is 1. The first-order chi connectivity index (χ1) is 12.3. The number of nitro benzene ring substituents is 1. The molecule has 0 saturated heterocycles. The van der Waals surface area contributed by atoms with E-state index in [2.05, 4.69) is 21.2 Å². The van der Waals surface area contributed by atoms with Crippen molar-refractivity contribution in [2.45, 2.75) is 52.0 Å². The van der Waals surface area contributed by atoms with Crippen LogP contribution in [0.3, 0.4) is 0 Å². The van der Waals surface area contributed by atoms with Gasteiger partial charge in [0.05, 0.1) is 26.5 Å². The molecule has 1 aromatic carbocycles. The van der Waals surface area contributed by atoms with E-state index in [4.69, 9.17) is 4.74 Å². The fourth-order valence-electron chi connectivity index (χ4n) is 2.32. The molecule has 0 saturated carbocycles. The Hall–Kier alpha value is -1.68. The van der Waals surface area contributed by atoms with Crippen LogP contribution in [0.25, 0.3) is 0 Å². The molecule has 0 aliphatic rings. The highest BCUT2D eigenvalue weighted by molar-refractivity contribution is 9.10. The zero-order valence-corrected chi connectivity index (χ0v) is 18.3. The number of carbonyl (C=O) groups excluding carboxylic acids is 1. The lowest BCUT2D eigenvalue weighted by Crippen LogP contribution is -2.44. The second kappa shape index (κ2) is 9.50. The van der Waals surface area contributed by atoms with E-state index in [9.17, 15) is 23.3 Å². The molecule has 2 atom stereocenters. The van der Waals surface area contributed by atoms with Crippen molar-refractivity contribution in [1.82, 2.24) is 5.32 Å². The minimum absolute atomic E-state index is 0.147. The zero-order chi connectivity index (χ0) is 20.9. The molecule has 1 aromatic rings. The Morgan fingerprint density at radius 1 is 1.26 bits per heavy atom. The molecule has 1 rings (SSSR count). The highest BCUT2D eigenvalue weighted by Crippen LogP contribution is 2.31. The monoisotopic (exact) mass is 464 g/mol. The van der Waals surface area contributed by atoms with Crippen LogP contribution in [0.15, 0.2) is 22.7 Å². The average Bonchev–Trinajstić information content (AvgIpc) is 2.52. The molecule has 1 N–H and O–H groups in total. The number of rotatable bonds is 8. The Bertz CT molecular complexity index is 795. The molecule has 152 valence electrons. The highest BCUT2D eigenvalue weighted by Gasteiger charge is 2.30. The van der Waals surface area contributed by atoms with Crippen LogP contribution in [0, 0.1) is 16.0 Å². The number of benzene rings is 1. The Labute approximate surface area is 167 Å². The number of nitrogens with zero attached hydrogens (tertiary/aromatic N) is 1. The molecule has 2 unspecified atom stereocenters. The molecule has 0 fully saturated rings. The van der Waals surface area contributed by atoms with Crippen molar-refractivity contribution in [3.05, 3.63) is 38.3 Å². The van der Waals surface area contributed by atoms with E-state index in [1.807, 2.05) is 0 Å². The zero-order valence-electron chi connectivity index (χ0n) is 15.9. The van der Waals surface area contributed by atoms with Gasteiger partial charge in [-0.3, -0.25) is 10.1 Å². The van der Waals surface area contributed by atoms with Crippen molar-refractivity contribution in [3.8, 4) is 0 Å². The van der Waals surface area contributed by atoms with Crippen LogP contribution in [0.1, 0.15) is 45.4 Å². The third-order valence-electron chi connectivity index (χ3n) is 4.04. The average molecular weight is 465 g/mol. The molecule has 0 aliphatic carbocycles. The van der Waals surface area contributed by atoms with E-state index in [0.29, 0.717) is 5.56 Å². The summed E-state index contributed by atoms with van der Waals surface area (Å²) in [5.74, 6) is -0.450. The summed E-state index contributed by atoms with van der Waals surface area (Å²) in [6.45, 7) is 8.47. The van der Waals surface area contributed by atoms with Crippen LogP contribution in [0.4, 0.5) is 10.5 Å². The van der Waals surface area contributed by atoms with Gasteiger partial charge in [-0.25, -0.2) is 13.2 Å². The third-order valence-corrected chi connectivity index (χ3v) is 6.88. The van der Waals surface area contributed by atoms with Crippen LogP contribution in [0.2, 0.25) is 0 Å². The van der Waals surface area contributed by atoms with Crippen molar-refractivity contribution in [1.29, 1.82) is 0 Å². The Kier molecular flexibility index (Phi) is 8.22. The topological polar surface area (TPSA) is 116 Å². The largest absolute Gasteiger partial charge is 0.447 e. The van der Waals surface area contributed by atoms with Gasteiger partial charge in [0.25, 0.3) is 5.69 Å². The highest BCUT2D eigenvalue weighted by atomic mass is 79.9. The second-order valence-corrected chi connectivity index (χ2v) is 10.1. The van der Waals surface area contributed by atoms with Crippen molar-refractivity contribution < 1.29 is 22.9 Å². The Morgan fingerprint density at radius 3 is 2.33 bits per heavy atom. The lowest BCUT2D eigenvalue weighted by Gasteiger charge is -2.24. The third kappa shape index (κ3) is 6.76. The summed E-state index contributed by atoms with van der Waals surface area (Å²) in [5, 5.41) is 12.7. The summed E-state index contributed by atoms with van der Waals surface area (Å²) in [6.07, 6.45) is -0.998. The van der Waals surface area contributed by atoms with E-state index in [-0.39, 0.29) is 27.9 Å². The van der Waals surface area contributed by atoms with Gasteiger partial charge in [0.15, 0.2) is 9.84 Å². The number of hydrogen-bond acceptors (Lipinski definition) is 6. The molecular formula is C17H25BrN2O6S. The second-order valence-electron chi connectivity index (χ2n) is 6.89. The number of alkyl carbamates (subject to hydrolysis) is 1. The summed E-state index contributed by atoms with van der Waals surface area (Å²) in [4.78, 5) is 22.4. The first-order valence-corrected chi connectivity index (χ1v) is 11.0. The van der Waals surface area contributed by atoms with Gasteiger partial charge in [-0.15, -0.1) is 0 Å². The van der Waals surface area contributed by atoms with E-state index in [1.165, 1.54) is 25.1 Å². The molecule has 8 nitrogen and oxygen atoms in total. The van der Waals surface area contributed by atoms with Crippen molar-refractivity contribution in [2.24, 2.45) is 5.92 Å². The van der Waals surface area contributed by atoms with E-state index in [0.717, 1.165) is 0 Å². The molecule has 0 bridgehead atoms. The molecule has 0 radical (unpaired) electrons. The van der Waals surface area contributed by atoms with E-state index < -0.39 is 32.1 Å². The number of nitro groups is 1. The van der Waals surface area contributed by atoms with Crippen LogP contribution >= 0.6 is 15.9 Å². The maximum absolute atomic E-state index is 12.8. The fraction of sp³-hybridized carbons (Fsp3) is 0.588. The summed E-state index contributed by atoms with van der Waals surface area (Å²) in [7, 11) is -3.70. The number of hydrogen-bond donors (Lipinski definition) is 1.